The van der Waals surface area contributed by atoms with Crippen LogP contribution < -0.4 is 8.61 Å². The Kier molecular flexibility index (Phi) is 8.55. The molecule has 0 aromatic heterocycles. The lowest BCUT2D eigenvalue weighted by atomic mass is 9.75. The lowest BCUT2D eigenvalue weighted by Crippen LogP contribution is -2.43. The molecule has 0 N–H and O–H groups in total. The van der Waals surface area contributed by atoms with Crippen LogP contribution in [0.5, 0.6) is 0 Å². The summed E-state index contributed by atoms with van der Waals surface area (Å²) in [6.45, 7) is 0.984. The van der Waals surface area contributed by atoms with E-state index in [0.717, 1.165) is 38.2 Å². The Morgan fingerprint density at radius 1 is 0.732 bits per heavy atom. The van der Waals surface area contributed by atoms with Crippen molar-refractivity contribution in [3.8, 4) is 0 Å². The largest absolute Gasteiger partial charge is 0.416 e. The van der Waals surface area contributed by atoms with Crippen molar-refractivity contribution in [3.63, 3.8) is 0 Å². The first-order valence-corrected chi connectivity index (χ1v) is 17.5. The van der Waals surface area contributed by atoms with Crippen molar-refractivity contribution in [1.29, 1.82) is 0 Å². The number of halogens is 5. The maximum absolute atomic E-state index is 14.2. The Hall–Kier alpha value is -2.09. The smallest absolute Gasteiger partial charge is 0.370 e. The molecule has 0 spiro atoms. The van der Waals surface area contributed by atoms with Gasteiger partial charge in [-0.3, -0.25) is 0 Å². The number of fused-ring (bicyclic) bond motifs is 1. The molecule has 1 saturated heterocycles. The zero-order valence-corrected chi connectivity index (χ0v) is 26.5. The highest BCUT2D eigenvalue weighted by Crippen LogP contribution is 2.45. The molecule has 1 aliphatic carbocycles. The fraction of sp³-hybridized carbons (Fsp3) is 0.357. The average molecular weight is 736 g/mol. The molecule has 2 aliphatic rings. The fourth-order valence-electron chi connectivity index (χ4n) is 5.73. The van der Waals surface area contributed by atoms with Crippen LogP contribution in [0.15, 0.2) is 85.5 Å². The van der Waals surface area contributed by atoms with Crippen LogP contribution in [0.4, 0.5) is 24.5 Å². The second-order valence-electron chi connectivity index (χ2n) is 10.4. The van der Waals surface area contributed by atoms with E-state index in [-0.39, 0.29) is 19.2 Å². The Morgan fingerprint density at radius 2 is 1.24 bits per heavy atom. The van der Waals surface area contributed by atoms with E-state index < -0.39 is 37.5 Å². The lowest BCUT2D eigenvalue weighted by Gasteiger charge is -2.43. The number of rotatable bonds is 6. The number of alkyl halides is 3. The molecule has 5 rings (SSSR count). The second kappa shape index (κ2) is 11.5. The van der Waals surface area contributed by atoms with Gasteiger partial charge in [-0.25, -0.2) is 16.8 Å². The molecule has 2 atom stereocenters. The first-order valence-electron chi connectivity index (χ1n) is 13.1. The van der Waals surface area contributed by atoms with E-state index in [1.54, 1.807) is 0 Å². The van der Waals surface area contributed by atoms with E-state index in [1.807, 2.05) is 4.90 Å². The molecule has 0 radical (unpaired) electrons. The Balaban J connectivity index is 1.74. The van der Waals surface area contributed by atoms with Crippen LogP contribution in [0.1, 0.15) is 37.7 Å². The van der Waals surface area contributed by atoms with E-state index >= 15 is 0 Å². The summed E-state index contributed by atoms with van der Waals surface area (Å²) in [5.74, 6) is 0.791. The van der Waals surface area contributed by atoms with Crippen molar-refractivity contribution in [1.82, 2.24) is 0 Å². The minimum atomic E-state index is -4.91. The average Bonchev–Trinajstić information content (AvgIpc) is 2.92. The molecule has 13 heteroatoms. The van der Waals surface area contributed by atoms with Crippen LogP contribution in [0.3, 0.4) is 0 Å². The van der Waals surface area contributed by atoms with Gasteiger partial charge in [0.1, 0.15) is 0 Å². The predicted molar refractivity (Wildman–Crippen MR) is 159 cm³/mol. The van der Waals surface area contributed by atoms with Crippen molar-refractivity contribution in [2.24, 2.45) is 11.8 Å². The molecule has 0 amide bonds. The van der Waals surface area contributed by atoms with Gasteiger partial charge in [-0.1, -0.05) is 51.1 Å². The van der Waals surface area contributed by atoms with Crippen LogP contribution in [0.2, 0.25) is 0 Å². The SMILES string of the molecule is O=S(=O)(c1ccc(Br)cc1)N(c1cc(C(F)(F)F)ccc1N1CC[C@@H]2CCCC[C@H]2C1)S(=O)(=O)c1ccc(Br)cc1. The highest BCUT2D eigenvalue weighted by molar-refractivity contribution is 9.10. The molecule has 2 fully saturated rings. The molecule has 6 nitrogen and oxygen atoms in total. The van der Waals surface area contributed by atoms with Crippen molar-refractivity contribution in [2.45, 2.75) is 48.1 Å². The van der Waals surface area contributed by atoms with E-state index in [1.165, 1.54) is 54.6 Å². The molecule has 0 bridgehead atoms. The van der Waals surface area contributed by atoms with Crippen molar-refractivity contribution in [2.75, 3.05) is 21.7 Å². The zero-order chi connectivity index (χ0) is 29.6. The first-order chi connectivity index (χ1) is 19.3. The third-order valence-corrected chi connectivity index (χ3v) is 13.0. The first kappa shape index (κ1) is 30.4. The number of hydrogen-bond donors (Lipinski definition) is 0. The summed E-state index contributed by atoms with van der Waals surface area (Å²) in [5.41, 5.74) is -1.57. The third kappa shape index (κ3) is 6.18. The lowest BCUT2D eigenvalue weighted by molar-refractivity contribution is -0.137. The quantitative estimate of drug-likeness (QED) is 0.258. The monoisotopic (exact) mass is 734 g/mol. The highest BCUT2D eigenvalue weighted by atomic mass is 79.9. The van der Waals surface area contributed by atoms with Crippen molar-refractivity contribution in [3.05, 3.63) is 81.2 Å². The second-order valence-corrected chi connectivity index (χ2v) is 16.0. The molecule has 0 unspecified atom stereocenters. The Bertz CT molecular complexity index is 1560. The standard InChI is InChI=1S/C28H27Br2F3N2O4S2/c29-22-6-10-24(11-7-22)40(36,37)35(41(38,39)25-12-8-23(30)9-13-25)27-17-21(28(31,32)33)5-14-26(27)34-16-15-19-3-1-2-4-20(19)18-34/h5-14,17,19-20H,1-4,15-16,18H2/t19-,20-/m0/s1. The van der Waals surface area contributed by atoms with Crippen LogP contribution in [-0.4, -0.2) is 29.9 Å². The van der Waals surface area contributed by atoms with E-state index in [0.29, 0.717) is 39.9 Å². The van der Waals surface area contributed by atoms with Gasteiger partial charge in [0.15, 0.2) is 0 Å². The van der Waals surface area contributed by atoms with E-state index in [2.05, 4.69) is 31.9 Å². The molecule has 220 valence electrons. The van der Waals surface area contributed by atoms with Crippen LogP contribution in [0, 0.1) is 11.8 Å². The summed E-state index contributed by atoms with van der Waals surface area (Å²) < 4.78 is 100. The Morgan fingerprint density at radius 3 is 1.76 bits per heavy atom. The maximum atomic E-state index is 14.2. The summed E-state index contributed by atoms with van der Waals surface area (Å²) in [6.07, 6.45) is 0.200. The number of benzene rings is 3. The molecule has 41 heavy (non-hydrogen) atoms. The molecule has 1 aliphatic heterocycles. The number of nitrogens with zero attached hydrogens (tertiary/aromatic N) is 2. The summed E-state index contributed by atoms with van der Waals surface area (Å²) in [4.78, 5) is 1.08. The van der Waals surface area contributed by atoms with Gasteiger partial charge in [-0.15, -0.1) is 0 Å². The predicted octanol–water partition coefficient (Wildman–Crippen LogP) is 7.83. The minimum Gasteiger partial charge on any atom is -0.370 e. The molecular formula is C28H27Br2F3N2O4S2. The summed E-state index contributed by atoms with van der Waals surface area (Å²) in [5, 5.41) is 0. The molecule has 3 aromatic rings. The van der Waals surface area contributed by atoms with Gasteiger partial charge in [0.2, 0.25) is 0 Å². The maximum Gasteiger partial charge on any atom is 0.416 e. The van der Waals surface area contributed by atoms with E-state index in [9.17, 15) is 30.0 Å². The van der Waals surface area contributed by atoms with Gasteiger partial charge < -0.3 is 4.90 Å². The summed E-state index contributed by atoms with van der Waals surface area (Å²) in [6, 6.07) is 13.3. The normalized spacial score (nSPS) is 20.0. The topological polar surface area (TPSA) is 74.8 Å². The highest BCUT2D eigenvalue weighted by Gasteiger charge is 2.42. The number of anilines is 2. The zero-order valence-electron chi connectivity index (χ0n) is 21.7. The van der Waals surface area contributed by atoms with Crippen LogP contribution in [-0.2, 0) is 26.2 Å². The minimum absolute atomic E-state index is 0.128. The van der Waals surface area contributed by atoms with Crippen molar-refractivity contribution < 1.29 is 30.0 Å². The van der Waals surface area contributed by atoms with Crippen LogP contribution >= 0.6 is 31.9 Å². The summed E-state index contributed by atoms with van der Waals surface area (Å²) in [7, 11) is -9.83. The molecule has 1 heterocycles. The molecule has 1 saturated carbocycles. The number of sulfonamides is 2. The fourth-order valence-corrected chi connectivity index (χ4v) is 9.96. The van der Waals surface area contributed by atoms with Crippen LogP contribution in [0.25, 0.3) is 0 Å². The van der Waals surface area contributed by atoms with Crippen molar-refractivity contribution >= 4 is 63.3 Å². The van der Waals surface area contributed by atoms with Gasteiger partial charge in [-0.2, -0.15) is 16.9 Å². The van der Waals surface area contributed by atoms with Gasteiger partial charge in [0, 0.05) is 22.0 Å². The van der Waals surface area contributed by atoms with Gasteiger partial charge in [0.25, 0.3) is 20.0 Å². The van der Waals surface area contributed by atoms with E-state index in [4.69, 9.17) is 0 Å². The Labute approximate surface area is 254 Å². The molecular weight excluding hydrogens is 709 g/mol. The number of hydrogen-bond acceptors (Lipinski definition) is 5. The van der Waals surface area contributed by atoms with Gasteiger partial charge in [-0.05, 0) is 91.4 Å². The van der Waals surface area contributed by atoms with Gasteiger partial charge in [0.05, 0.1) is 26.7 Å². The summed E-state index contributed by atoms with van der Waals surface area (Å²) >= 11 is 6.47. The third-order valence-electron chi connectivity index (χ3n) is 7.79. The van der Waals surface area contributed by atoms with Gasteiger partial charge >= 0.3 is 6.18 Å². The molecule has 3 aromatic carbocycles. The number of piperidine rings is 1.